The molecule has 0 spiro atoms. The van der Waals surface area contributed by atoms with Gasteiger partial charge in [-0.15, -0.1) is 0 Å². The molecule has 0 aliphatic heterocycles. The van der Waals surface area contributed by atoms with E-state index in [-0.39, 0.29) is 5.02 Å². The zero-order valence-corrected chi connectivity index (χ0v) is 12.1. The predicted molar refractivity (Wildman–Crippen MR) is 77.8 cm³/mol. The molecule has 0 bridgehead atoms. The molecule has 1 aromatic carbocycles. The monoisotopic (exact) mass is 272 g/mol. The Bertz CT molecular complexity index is 392. The fourth-order valence-electron chi connectivity index (χ4n) is 2.08. The van der Waals surface area contributed by atoms with Crippen LogP contribution in [0.1, 0.15) is 33.6 Å². The summed E-state index contributed by atoms with van der Waals surface area (Å²) in [7, 11) is 0. The molecule has 2 N–H and O–H groups in total. The van der Waals surface area contributed by atoms with E-state index in [1.54, 1.807) is 6.07 Å². The van der Waals surface area contributed by atoms with Crippen LogP contribution in [0.4, 0.5) is 15.8 Å². The van der Waals surface area contributed by atoms with Gasteiger partial charge in [0.2, 0.25) is 0 Å². The molecular formula is C14H22ClFN2. The van der Waals surface area contributed by atoms with Gasteiger partial charge in [-0.1, -0.05) is 38.3 Å². The zero-order chi connectivity index (χ0) is 13.7. The first-order valence-corrected chi connectivity index (χ1v) is 6.90. The topological polar surface area (TPSA) is 29.3 Å². The van der Waals surface area contributed by atoms with Crippen LogP contribution in [-0.4, -0.2) is 13.1 Å². The number of nitrogens with two attached hydrogens (primary N) is 1. The van der Waals surface area contributed by atoms with E-state index in [0.29, 0.717) is 11.6 Å². The number of rotatable bonds is 6. The van der Waals surface area contributed by atoms with Crippen LogP contribution < -0.4 is 10.6 Å². The minimum atomic E-state index is -0.462. The highest BCUT2D eigenvalue weighted by Crippen LogP contribution is 2.30. The summed E-state index contributed by atoms with van der Waals surface area (Å²) in [5, 5.41) is 0.127. The molecule has 0 saturated carbocycles. The van der Waals surface area contributed by atoms with Gasteiger partial charge in [-0.25, -0.2) is 4.39 Å². The first-order chi connectivity index (χ1) is 8.53. The molecule has 0 saturated heterocycles. The summed E-state index contributed by atoms with van der Waals surface area (Å²) in [5.41, 5.74) is 7.16. The molecule has 0 heterocycles. The van der Waals surface area contributed by atoms with Gasteiger partial charge in [0.1, 0.15) is 5.82 Å². The summed E-state index contributed by atoms with van der Waals surface area (Å²) in [6.45, 7) is 8.20. The van der Waals surface area contributed by atoms with Crippen molar-refractivity contribution >= 4 is 23.0 Å². The van der Waals surface area contributed by atoms with Crippen LogP contribution in [0, 0.1) is 11.7 Å². The maximum atomic E-state index is 13.3. The Morgan fingerprint density at radius 2 is 1.89 bits per heavy atom. The van der Waals surface area contributed by atoms with Crippen molar-refractivity contribution in [2.45, 2.75) is 33.6 Å². The van der Waals surface area contributed by atoms with Crippen molar-refractivity contribution in [2.75, 3.05) is 23.7 Å². The molecule has 0 unspecified atom stereocenters. The minimum absolute atomic E-state index is 0.127. The number of nitrogens with zero attached hydrogens (tertiary/aromatic N) is 1. The number of halogens is 2. The van der Waals surface area contributed by atoms with Crippen LogP contribution in [0.5, 0.6) is 0 Å². The molecular weight excluding hydrogens is 251 g/mol. The normalized spacial score (nSPS) is 11.0. The van der Waals surface area contributed by atoms with Crippen molar-refractivity contribution in [1.82, 2.24) is 0 Å². The number of nitrogen functional groups attached to an aromatic ring is 1. The summed E-state index contributed by atoms with van der Waals surface area (Å²) in [6, 6.07) is 2.92. The van der Waals surface area contributed by atoms with E-state index < -0.39 is 5.82 Å². The number of benzene rings is 1. The quantitative estimate of drug-likeness (QED) is 0.781. The van der Waals surface area contributed by atoms with E-state index in [2.05, 4.69) is 25.7 Å². The highest BCUT2D eigenvalue weighted by molar-refractivity contribution is 6.31. The lowest BCUT2D eigenvalue weighted by atomic mass is 10.0. The largest absolute Gasteiger partial charge is 0.397 e. The lowest BCUT2D eigenvalue weighted by molar-refractivity contribution is 0.486. The maximum absolute atomic E-state index is 13.3. The third-order valence-corrected chi connectivity index (χ3v) is 3.71. The molecule has 0 aromatic heterocycles. The third kappa shape index (κ3) is 3.52. The van der Waals surface area contributed by atoms with E-state index >= 15 is 0 Å². The summed E-state index contributed by atoms with van der Waals surface area (Å²) in [5.74, 6) is 0.157. The Labute approximate surface area is 114 Å². The van der Waals surface area contributed by atoms with Gasteiger partial charge in [-0.2, -0.15) is 0 Å². The van der Waals surface area contributed by atoms with Gasteiger partial charge in [0, 0.05) is 19.2 Å². The van der Waals surface area contributed by atoms with Crippen LogP contribution >= 0.6 is 11.6 Å². The molecule has 18 heavy (non-hydrogen) atoms. The van der Waals surface area contributed by atoms with Crippen molar-refractivity contribution in [3.05, 3.63) is 23.0 Å². The molecule has 102 valence electrons. The first-order valence-electron chi connectivity index (χ1n) is 6.52. The van der Waals surface area contributed by atoms with Crippen LogP contribution in [-0.2, 0) is 0 Å². The van der Waals surface area contributed by atoms with Gasteiger partial charge >= 0.3 is 0 Å². The van der Waals surface area contributed by atoms with Crippen LogP contribution in [0.3, 0.4) is 0 Å². The second-order valence-corrected chi connectivity index (χ2v) is 4.95. The summed E-state index contributed by atoms with van der Waals surface area (Å²) < 4.78 is 13.3. The van der Waals surface area contributed by atoms with Gasteiger partial charge in [0.05, 0.1) is 16.4 Å². The van der Waals surface area contributed by atoms with Crippen molar-refractivity contribution in [3.8, 4) is 0 Å². The van der Waals surface area contributed by atoms with Gasteiger partial charge < -0.3 is 10.6 Å². The number of anilines is 2. The molecule has 0 atom stereocenters. The van der Waals surface area contributed by atoms with Gasteiger partial charge in [0.25, 0.3) is 0 Å². The van der Waals surface area contributed by atoms with E-state index in [1.807, 2.05) is 0 Å². The Morgan fingerprint density at radius 3 is 2.39 bits per heavy atom. The summed E-state index contributed by atoms with van der Waals surface area (Å²) in [6.07, 6.45) is 2.25. The highest BCUT2D eigenvalue weighted by Gasteiger charge is 2.15. The fourth-order valence-corrected chi connectivity index (χ4v) is 2.24. The zero-order valence-electron chi connectivity index (χ0n) is 11.3. The molecule has 1 aromatic rings. The van der Waals surface area contributed by atoms with Crippen molar-refractivity contribution in [3.63, 3.8) is 0 Å². The van der Waals surface area contributed by atoms with E-state index in [1.165, 1.54) is 6.07 Å². The highest BCUT2D eigenvalue weighted by atomic mass is 35.5. The predicted octanol–water partition coefficient (Wildman–Crippen LogP) is 4.32. The Balaban J connectivity index is 2.98. The lowest BCUT2D eigenvalue weighted by Crippen LogP contribution is -2.29. The van der Waals surface area contributed by atoms with Crippen LogP contribution in [0.2, 0.25) is 5.02 Å². The molecule has 1 rings (SSSR count). The Hall–Kier alpha value is -0.960. The average Bonchev–Trinajstić information content (AvgIpc) is 2.36. The second kappa shape index (κ2) is 6.83. The number of hydrogen-bond donors (Lipinski definition) is 1. The van der Waals surface area contributed by atoms with Crippen LogP contribution in [0.25, 0.3) is 0 Å². The van der Waals surface area contributed by atoms with Gasteiger partial charge in [-0.3, -0.25) is 0 Å². The fraction of sp³-hybridized carbons (Fsp3) is 0.571. The molecule has 2 nitrogen and oxygen atoms in total. The molecule has 0 radical (unpaired) electrons. The molecule has 0 amide bonds. The molecule has 4 heteroatoms. The SMILES string of the molecule is CCC(CC)CN(CC)c1cc(Cl)c(F)cc1N. The van der Waals surface area contributed by atoms with Crippen molar-refractivity contribution < 1.29 is 4.39 Å². The van der Waals surface area contributed by atoms with E-state index in [9.17, 15) is 4.39 Å². The standard InChI is InChI=1S/C14H22ClFN2/c1-4-10(5-2)9-18(6-3)14-7-11(15)12(16)8-13(14)17/h7-8,10H,4-6,9,17H2,1-3H3. The second-order valence-electron chi connectivity index (χ2n) is 4.55. The minimum Gasteiger partial charge on any atom is -0.397 e. The number of hydrogen-bond acceptors (Lipinski definition) is 2. The average molecular weight is 273 g/mol. The molecule has 0 fully saturated rings. The van der Waals surface area contributed by atoms with E-state index in [4.69, 9.17) is 17.3 Å². The Morgan fingerprint density at radius 1 is 1.28 bits per heavy atom. The van der Waals surface area contributed by atoms with Crippen molar-refractivity contribution in [1.29, 1.82) is 0 Å². The van der Waals surface area contributed by atoms with Gasteiger partial charge in [-0.05, 0) is 18.9 Å². The molecule has 0 aliphatic carbocycles. The van der Waals surface area contributed by atoms with Crippen LogP contribution in [0.15, 0.2) is 12.1 Å². The molecule has 0 aliphatic rings. The first kappa shape index (κ1) is 15.1. The van der Waals surface area contributed by atoms with Gasteiger partial charge in [0.15, 0.2) is 0 Å². The smallest absolute Gasteiger partial charge is 0.143 e. The maximum Gasteiger partial charge on any atom is 0.143 e. The lowest BCUT2D eigenvalue weighted by Gasteiger charge is -2.28. The summed E-state index contributed by atoms with van der Waals surface area (Å²) >= 11 is 5.83. The van der Waals surface area contributed by atoms with E-state index in [0.717, 1.165) is 31.6 Å². The third-order valence-electron chi connectivity index (χ3n) is 3.43. The Kier molecular flexibility index (Phi) is 5.73. The van der Waals surface area contributed by atoms with Crippen molar-refractivity contribution in [2.24, 2.45) is 5.92 Å². The summed E-state index contributed by atoms with van der Waals surface area (Å²) in [4.78, 5) is 2.16.